The van der Waals surface area contributed by atoms with Crippen molar-refractivity contribution < 1.29 is 14.6 Å². The van der Waals surface area contributed by atoms with Crippen LogP contribution in [-0.4, -0.2) is 22.7 Å². The Morgan fingerprint density at radius 3 is 2.60 bits per heavy atom. The minimum atomic E-state index is -0.527. The summed E-state index contributed by atoms with van der Waals surface area (Å²) in [6.45, 7) is 1.90. The Morgan fingerprint density at radius 1 is 1.35 bits per heavy atom. The molecule has 1 heterocycles. The van der Waals surface area contributed by atoms with Gasteiger partial charge in [-0.2, -0.15) is 0 Å². The Labute approximate surface area is 117 Å². The van der Waals surface area contributed by atoms with Crippen LogP contribution >= 0.6 is 0 Å². The summed E-state index contributed by atoms with van der Waals surface area (Å²) in [5.41, 5.74) is 1.51. The number of rotatable bonds is 5. The first-order chi connectivity index (χ1) is 9.58. The van der Waals surface area contributed by atoms with Gasteiger partial charge in [0.25, 0.3) is 0 Å². The molecule has 1 amide bonds. The average molecular weight is 274 g/mol. The second-order valence-corrected chi connectivity index (χ2v) is 4.57. The molecule has 106 valence electrons. The summed E-state index contributed by atoms with van der Waals surface area (Å²) < 4.78 is 6.79. The van der Waals surface area contributed by atoms with Gasteiger partial charge >= 0.3 is 0 Å². The number of carbonyl (C=O) groups is 1. The van der Waals surface area contributed by atoms with E-state index in [0.717, 1.165) is 17.0 Å². The van der Waals surface area contributed by atoms with E-state index in [1.54, 1.807) is 61.3 Å². The van der Waals surface area contributed by atoms with Gasteiger partial charge < -0.3 is 19.7 Å². The van der Waals surface area contributed by atoms with Gasteiger partial charge in [0.15, 0.2) is 0 Å². The Balaban J connectivity index is 1.93. The zero-order chi connectivity index (χ0) is 14.5. The standard InChI is InChI=1S/C15H18N2O3/c1-11(18)12-7-8-17(9-12)10-15(19)16-13-3-5-14(20-2)6-4-13/h3-9,11,18H,10H2,1-2H3,(H,16,19). The van der Waals surface area contributed by atoms with E-state index in [-0.39, 0.29) is 12.5 Å². The van der Waals surface area contributed by atoms with E-state index in [2.05, 4.69) is 5.32 Å². The number of benzene rings is 1. The van der Waals surface area contributed by atoms with Gasteiger partial charge in [-0.1, -0.05) is 0 Å². The summed E-state index contributed by atoms with van der Waals surface area (Å²) in [6.07, 6.45) is 3.01. The summed E-state index contributed by atoms with van der Waals surface area (Å²) in [7, 11) is 1.60. The molecular formula is C15H18N2O3. The van der Waals surface area contributed by atoms with Gasteiger partial charge in [-0.25, -0.2) is 0 Å². The molecule has 0 bridgehead atoms. The summed E-state index contributed by atoms with van der Waals surface area (Å²) in [6, 6.07) is 8.94. The molecular weight excluding hydrogens is 256 g/mol. The fraction of sp³-hybridized carbons (Fsp3) is 0.267. The lowest BCUT2D eigenvalue weighted by molar-refractivity contribution is -0.116. The first-order valence-corrected chi connectivity index (χ1v) is 6.36. The lowest BCUT2D eigenvalue weighted by Gasteiger charge is -2.07. The third-order valence-electron chi connectivity index (χ3n) is 2.96. The number of nitrogens with one attached hydrogen (secondary N) is 1. The van der Waals surface area contributed by atoms with Crippen LogP contribution in [0, 0.1) is 0 Å². The van der Waals surface area contributed by atoms with Crippen molar-refractivity contribution in [2.75, 3.05) is 12.4 Å². The predicted octanol–water partition coefficient (Wildman–Crippen LogP) is 2.19. The quantitative estimate of drug-likeness (QED) is 0.878. The van der Waals surface area contributed by atoms with Crippen molar-refractivity contribution in [1.29, 1.82) is 0 Å². The molecule has 0 saturated heterocycles. The van der Waals surface area contributed by atoms with E-state index in [1.807, 2.05) is 0 Å². The summed E-state index contributed by atoms with van der Waals surface area (Å²) in [4.78, 5) is 11.9. The second kappa shape index (κ2) is 6.25. The number of aliphatic hydroxyl groups excluding tert-OH is 1. The van der Waals surface area contributed by atoms with Gasteiger partial charge in [0, 0.05) is 18.1 Å². The lowest BCUT2D eigenvalue weighted by atomic mass is 10.2. The molecule has 0 aliphatic carbocycles. The fourth-order valence-electron chi connectivity index (χ4n) is 1.85. The minimum absolute atomic E-state index is 0.122. The molecule has 1 unspecified atom stereocenters. The molecule has 2 N–H and O–H groups in total. The topological polar surface area (TPSA) is 63.5 Å². The number of amides is 1. The molecule has 2 rings (SSSR count). The molecule has 1 aromatic heterocycles. The minimum Gasteiger partial charge on any atom is -0.497 e. The molecule has 0 aliphatic rings. The summed E-state index contributed by atoms with van der Waals surface area (Å²) in [5, 5.41) is 12.2. The summed E-state index contributed by atoms with van der Waals surface area (Å²) >= 11 is 0. The van der Waals surface area contributed by atoms with E-state index < -0.39 is 6.10 Å². The zero-order valence-corrected chi connectivity index (χ0v) is 11.5. The summed E-state index contributed by atoms with van der Waals surface area (Å²) in [5.74, 6) is 0.623. The number of hydrogen-bond acceptors (Lipinski definition) is 3. The maximum Gasteiger partial charge on any atom is 0.244 e. The van der Waals surface area contributed by atoms with Gasteiger partial charge in [-0.05, 0) is 42.8 Å². The number of ether oxygens (including phenoxy) is 1. The van der Waals surface area contributed by atoms with E-state index in [9.17, 15) is 9.90 Å². The molecule has 0 radical (unpaired) electrons. The van der Waals surface area contributed by atoms with Gasteiger partial charge in [-0.15, -0.1) is 0 Å². The highest BCUT2D eigenvalue weighted by Crippen LogP contribution is 2.15. The predicted molar refractivity (Wildman–Crippen MR) is 76.7 cm³/mol. The molecule has 20 heavy (non-hydrogen) atoms. The average Bonchev–Trinajstić information content (AvgIpc) is 2.88. The molecule has 0 fully saturated rings. The largest absolute Gasteiger partial charge is 0.497 e. The van der Waals surface area contributed by atoms with Gasteiger partial charge in [0.2, 0.25) is 5.91 Å². The molecule has 0 spiro atoms. The van der Waals surface area contributed by atoms with Crippen LogP contribution in [0.5, 0.6) is 5.75 Å². The first kappa shape index (κ1) is 14.1. The van der Waals surface area contributed by atoms with Crippen LogP contribution in [0.25, 0.3) is 0 Å². The molecule has 2 aromatic rings. The number of nitrogens with zero attached hydrogens (tertiary/aromatic N) is 1. The van der Waals surface area contributed by atoms with Crippen LogP contribution in [0.2, 0.25) is 0 Å². The smallest absolute Gasteiger partial charge is 0.244 e. The third-order valence-corrected chi connectivity index (χ3v) is 2.96. The van der Waals surface area contributed by atoms with Crippen LogP contribution in [0.3, 0.4) is 0 Å². The highest BCUT2D eigenvalue weighted by Gasteiger charge is 2.06. The molecule has 5 nitrogen and oxygen atoms in total. The Bertz CT molecular complexity index is 573. The number of aliphatic hydroxyl groups is 1. The number of carbonyl (C=O) groups excluding carboxylic acids is 1. The van der Waals surface area contributed by atoms with Crippen molar-refractivity contribution >= 4 is 11.6 Å². The normalized spacial score (nSPS) is 11.9. The van der Waals surface area contributed by atoms with Gasteiger partial charge in [-0.3, -0.25) is 4.79 Å². The van der Waals surface area contributed by atoms with Crippen molar-refractivity contribution in [2.24, 2.45) is 0 Å². The van der Waals surface area contributed by atoms with Crippen LogP contribution in [0.15, 0.2) is 42.7 Å². The third kappa shape index (κ3) is 3.61. The van der Waals surface area contributed by atoms with Crippen molar-refractivity contribution in [3.63, 3.8) is 0 Å². The van der Waals surface area contributed by atoms with Crippen LogP contribution < -0.4 is 10.1 Å². The number of hydrogen-bond donors (Lipinski definition) is 2. The van der Waals surface area contributed by atoms with E-state index in [0.29, 0.717) is 0 Å². The molecule has 1 atom stereocenters. The van der Waals surface area contributed by atoms with Crippen LogP contribution in [-0.2, 0) is 11.3 Å². The lowest BCUT2D eigenvalue weighted by Crippen LogP contribution is -2.17. The Kier molecular flexibility index (Phi) is 4.42. The Morgan fingerprint density at radius 2 is 2.05 bits per heavy atom. The number of methoxy groups -OCH3 is 1. The molecule has 0 saturated carbocycles. The van der Waals surface area contributed by atoms with Crippen LogP contribution in [0.1, 0.15) is 18.6 Å². The second-order valence-electron chi connectivity index (χ2n) is 4.57. The monoisotopic (exact) mass is 274 g/mol. The number of aromatic nitrogens is 1. The zero-order valence-electron chi connectivity index (χ0n) is 11.5. The van der Waals surface area contributed by atoms with E-state index in [1.165, 1.54) is 0 Å². The maximum absolute atomic E-state index is 11.9. The van der Waals surface area contributed by atoms with Crippen LogP contribution in [0.4, 0.5) is 5.69 Å². The fourth-order valence-corrected chi connectivity index (χ4v) is 1.85. The molecule has 5 heteroatoms. The Hall–Kier alpha value is -2.27. The SMILES string of the molecule is COc1ccc(NC(=O)Cn2ccc(C(C)O)c2)cc1. The van der Waals surface area contributed by atoms with Crippen molar-refractivity contribution in [1.82, 2.24) is 4.57 Å². The van der Waals surface area contributed by atoms with Gasteiger partial charge in [0.05, 0.1) is 13.2 Å². The van der Waals surface area contributed by atoms with Crippen molar-refractivity contribution in [3.8, 4) is 5.75 Å². The maximum atomic E-state index is 11.9. The van der Waals surface area contributed by atoms with E-state index in [4.69, 9.17) is 4.74 Å². The first-order valence-electron chi connectivity index (χ1n) is 6.36. The molecule has 0 aliphatic heterocycles. The number of anilines is 1. The van der Waals surface area contributed by atoms with E-state index >= 15 is 0 Å². The highest BCUT2D eigenvalue weighted by atomic mass is 16.5. The van der Waals surface area contributed by atoms with Crippen molar-refractivity contribution in [2.45, 2.75) is 19.6 Å². The highest BCUT2D eigenvalue weighted by molar-refractivity contribution is 5.90. The van der Waals surface area contributed by atoms with Gasteiger partial charge in [0.1, 0.15) is 12.3 Å². The molecule has 1 aromatic carbocycles. The van der Waals surface area contributed by atoms with Crippen molar-refractivity contribution in [3.05, 3.63) is 48.3 Å².